The van der Waals surface area contributed by atoms with E-state index in [2.05, 4.69) is 10.0 Å². The van der Waals surface area contributed by atoms with Crippen molar-refractivity contribution >= 4 is 10.0 Å². The third kappa shape index (κ3) is 4.47. The van der Waals surface area contributed by atoms with Gasteiger partial charge in [-0.3, -0.25) is 0 Å². The molecule has 3 rings (SSSR count). The fourth-order valence-electron chi connectivity index (χ4n) is 5.01. The van der Waals surface area contributed by atoms with Crippen molar-refractivity contribution in [2.45, 2.75) is 69.9 Å². The Morgan fingerprint density at radius 1 is 1.04 bits per heavy atom. The van der Waals surface area contributed by atoms with Gasteiger partial charge in [-0.25, -0.2) is 13.1 Å². The number of rotatable bonds is 5. The molecule has 1 aliphatic heterocycles. The second kappa shape index (κ2) is 7.38. The molecular formula is C17H32N2O3S. The minimum Gasteiger partial charge on any atom is -0.381 e. The Kier molecular flexibility index (Phi) is 5.66. The van der Waals surface area contributed by atoms with Crippen LogP contribution in [0.2, 0.25) is 0 Å². The van der Waals surface area contributed by atoms with E-state index >= 15 is 0 Å². The molecule has 134 valence electrons. The summed E-state index contributed by atoms with van der Waals surface area (Å²) in [5.41, 5.74) is 0.437. The normalized spacial score (nSPS) is 34.7. The van der Waals surface area contributed by atoms with Crippen LogP contribution in [0, 0.1) is 11.3 Å². The van der Waals surface area contributed by atoms with Gasteiger partial charge in [-0.05, 0) is 56.4 Å². The molecule has 6 heteroatoms. The van der Waals surface area contributed by atoms with Crippen LogP contribution in [0.5, 0.6) is 0 Å². The van der Waals surface area contributed by atoms with E-state index in [1.807, 2.05) is 0 Å². The van der Waals surface area contributed by atoms with Gasteiger partial charge in [0.2, 0.25) is 10.0 Å². The molecule has 0 amide bonds. The lowest BCUT2D eigenvalue weighted by atomic mass is 9.75. The summed E-state index contributed by atoms with van der Waals surface area (Å²) in [5, 5.41) is 3.84. The molecule has 0 aromatic heterocycles. The molecule has 3 aliphatic rings. The van der Waals surface area contributed by atoms with Crippen LogP contribution in [0.1, 0.15) is 57.8 Å². The fraction of sp³-hybridized carbons (Fsp3) is 1.00. The Hall–Kier alpha value is -0.170. The van der Waals surface area contributed by atoms with Gasteiger partial charge in [0, 0.05) is 25.3 Å². The van der Waals surface area contributed by atoms with Crippen molar-refractivity contribution in [1.29, 1.82) is 0 Å². The molecule has 3 fully saturated rings. The monoisotopic (exact) mass is 344 g/mol. The lowest BCUT2D eigenvalue weighted by molar-refractivity contribution is 0.00341. The Bertz CT molecular complexity index is 488. The maximum atomic E-state index is 11.6. The first-order valence-corrected chi connectivity index (χ1v) is 11.2. The molecule has 2 aliphatic carbocycles. The second-order valence-corrected chi connectivity index (χ2v) is 9.65. The van der Waals surface area contributed by atoms with Crippen molar-refractivity contribution in [3.8, 4) is 0 Å². The highest BCUT2D eigenvalue weighted by Crippen LogP contribution is 2.46. The summed E-state index contributed by atoms with van der Waals surface area (Å²) in [4.78, 5) is 0. The molecule has 5 nitrogen and oxygen atoms in total. The van der Waals surface area contributed by atoms with Gasteiger partial charge >= 0.3 is 0 Å². The van der Waals surface area contributed by atoms with Gasteiger partial charge < -0.3 is 10.1 Å². The van der Waals surface area contributed by atoms with Gasteiger partial charge in [0.1, 0.15) is 0 Å². The molecule has 1 spiro atoms. The van der Waals surface area contributed by atoms with Crippen molar-refractivity contribution in [2.75, 3.05) is 26.0 Å². The number of sulfonamides is 1. The van der Waals surface area contributed by atoms with Gasteiger partial charge in [0.05, 0.1) is 6.26 Å². The molecule has 0 aromatic carbocycles. The fourth-order valence-corrected chi connectivity index (χ4v) is 5.87. The van der Waals surface area contributed by atoms with Gasteiger partial charge in [-0.2, -0.15) is 0 Å². The molecule has 0 radical (unpaired) electrons. The van der Waals surface area contributed by atoms with E-state index in [9.17, 15) is 8.42 Å². The van der Waals surface area contributed by atoms with E-state index in [0.717, 1.165) is 39.0 Å². The zero-order valence-corrected chi connectivity index (χ0v) is 15.2. The maximum absolute atomic E-state index is 11.6. The van der Waals surface area contributed by atoms with Gasteiger partial charge in [-0.1, -0.05) is 19.3 Å². The molecule has 2 N–H and O–H groups in total. The predicted molar refractivity (Wildman–Crippen MR) is 91.9 cm³/mol. The van der Waals surface area contributed by atoms with Crippen LogP contribution in [0.4, 0.5) is 0 Å². The van der Waals surface area contributed by atoms with Crippen molar-refractivity contribution in [3.63, 3.8) is 0 Å². The molecule has 2 saturated carbocycles. The molecule has 0 aromatic rings. The average Bonchev–Trinajstić information content (AvgIpc) is 2.88. The topological polar surface area (TPSA) is 67.4 Å². The molecule has 0 bridgehead atoms. The quantitative estimate of drug-likeness (QED) is 0.801. The van der Waals surface area contributed by atoms with Crippen LogP contribution >= 0.6 is 0 Å². The smallest absolute Gasteiger partial charge is 0.208 e. The maximum Gasteiger partial charge on any atom is 0.208 e. The lowest BCUT2D eigenvalue weighted by Gasteiger charge is -2.41. The summed E-state index contributed by atoms with van der Waals surface area (Å²) in [5.74, 6) is 0.427. The highest BCUT2D eigenvalue weighted by molar-refractivity contribution is 7.88. The summed E-state index contributed by atoms with van der Waals surface area (Å²) in [7, 11) is -3.12. The SMILES string of the molecule is CS(=O)(=O)N[C@@H]1CCCC[C@H]1CN[C@H]1CCCC12CCOCC2. The van der Waals surface area contributed by atoms with Crippen LogP contribution in [0.3, 0.4) is 0 Å². The summed E-state index contributed by atoms with van der Waals surface area (Å²) >= 11 is 0. The molecule has 23 heavy (non-hydrogen) atoms. The van der Waals surface area contributed by atoms with Crippen molar-refractivity contribution < 1.29 is 13.2 Å². The van der Waals surface area contributed by atoms with Crippen LogP contribution in [0.25, 0.3) is 0 Å². The Balaban J connectivity index is 1.57. The highest BCUT2D eigenvalue weighted by atomic mass is 32.2. The zero-order chi connectivity index (χ0) is 16.3. The highest BCUT2D eigenvalue weighted by Gasteiger charge is 2.43. The third-order valence-electron chi connectivity index (χ3n) is 6.30. The van der Waals surface area contributed by atoms with Crippen LogP contribution in [-0.4, -0.2) is 46.5 Å². The molecule has 0 unspecified atom stereocenters. The third-order valence-corrected chi connectivity index (χ3v) is 7.03. The Morgan fingerprint density at radius 2 is 1.78 bits per heavy atom. The van der Waals surface area contributed by atoms with Gasteiger partial charge in [-0.15, -0.1) is 0 Å². The largest absolute Gasteiger partial charge is 0.381 e. The van der Waals surface area contributed by atoms with E-state index < -0.39 is 10.0 Å². The second-order valence-electron chi connectivity index (χ2n) is 7.87. The summed E-state index contributed by atoms with van der Waals surface area (Å²) in [6.07, 6.45) is 12.0. The van der Waals surface area contributed by atoms with Crippen LogP contribution in [0.15, 0.2) is 0 Å². The van der Waals surface area contributed by atoms with E-state index in [1.54, 1.807) is 0 Å². The van der Waals surface area contributed by atoms with Crippen molar-refractivity contribution in [3.05, 3.63) is 0 Å². The zero-order valence-electron chi connectivity index (χ0n) is 14.4. The lowest BCUT2D eigenvalue weighted by Crippen LogP contribution is -2.50. The predicted octanol–water partition coefficient (Wildman–Crippen LogP) is 2.03. The van der Waals surface area contributed by atoms with Crippen LogP contribution in [-0.2, 0) is 14.8 Å². The molecule has 3 atom stereocenters. The minimum absolute atomic E-state index is 0.110. The average molecular weight is 345 g/mol. The van der Waals surface area contributed by atoms with Gasteiger partial charge in [0.25, 0.3) is 0 Å². The number of ether oxygens (including phenoxy) is 1. The van der Waals surface area contributed by atoms with E-state index in [4.69, 9.17) is 4.74 Å². The number of hydrogen-bond donors (Lipinski definition) is 2. The minimum atomic E-state index is -3.12. The van der Waals surface area contributed by atoms with Crippen molar-refractivity contribution in [1.82, 2.24) is 10.0 Å². The first-order chi connectivity index (χ1) is 11.0. The van der Waals surface area contributed by atoms with Crippen LogP contribution < -0.4 is 10.0 Å². The van der Waals surface area contributed by atoms with Crippen molar-refractivity contribution in [2.24, 2.45) is 11.3 Å². The standard InChI is InChI=1S/C17H32N2O3S/c1-23(20,21)19-15-6-3-2-5-14(15)13-18-16-7-4-8-17(16)9-11-22-12-10-17/h14-16,18-19H,2-13H2,1H3/t14-,15+,16-/m0/s1. The van der Waals surface area contributed by atoms with E-state index in [-0.39, 0.29) is 6.04 Å². The van der Waals surface area contributed by atoms with E-state index in [1.165, 1.54) is 44.8 Å². The summed E-state index contributed by atoms with van der Waals surface area (Å²) in [6.45, 7) is 2.75. The summed E-state index contributed by atoms with van der Waals surface area (Å²) in [6, 6.07) is 0.700. The van der Waals surface area contributed by atoms with Gasteiger partial charge in [0.15, 0.2) is 0 Å². The first-order valence-electron chi connectivity index (χ1n) is 9.27. The molecule has 1 saturated heterocycles. The first kappa shape index (κ1) is 17.6. The van der Waals surface area contributed by atoms with E-state index in [0.29, 0.717) is 17.4 Å². The molecule has 1 heterocycles. The number of hydrogen-bond acceptors (Lipinski definition) is 4. The Labute approximate surface area is 141 Å². The Morgan fingerprint density at radius 3 is 2.52 bits per heavy atom. The molecular weight excluding hydrogens is 312 g/mol. The number of nitrogens with one attached hydrogen (secondary N) is 2. The summed E-state index contributed by atoms with van der Waals surface area (Å²) < 4.78 is 31.6.